The second-order valence-electron chi connectivity index (χ2n) is 2.90. The highest BCUT2D eigenvalue weighted by Crippen LogP contribution is 2.09. The van der Waals surface area contributed by atoms with Crippen LogP contribution in [0.5, 0.6) is 0 Å². The lowest BCUT2D eigenvalue weighted by molar-refractivity contribution is 0.0690. The highest BCUT2D eigenvalue weighted by molar-refractivity contribution is 5.86. The average Bonchev–Trinajstić information content (AvgIpc) is 2.18. The van der Waals surface area contributed by atoms with Gasteiger partial charge in [0.15, 0.2) is 0 Å². The normalized spacial score (nSPS) is 11.8. The summed E-state index contributed by atoms with van der Waals surface area (Å²) in [5, 5.41) is 11.8. The van der Waals surface area contributed by atoms with E-state index in [1.807, 2.05) is 6.92 Å². The fourth-order valence-electron chi connectivity index (χ4n) is 0.959. The lowest BCUT2D eigenvalue weighted by Crippen LogP contribution is -2.12. The van der Waals surface area contributed by atoms with Crippen LogP contribution in [0.1, 0.15) is 17.4 Å². The number of hydrogen-bond acceptors (Lipinski definition) is 3. The number of aromatic carboxylic acids is 1. The van der Waals surface area contributed by atoms with Crippen LogP contribution in [0, 0.1) is 0 Å². The van der Waals surface area contributed by atoms with Crippen LogP contribution >= 0.6 is 0 Å². The number of pyridine rings is 1. The van der Waals surface area contributed by atoms with Gasteiger partial charge < -0.3 is 10.4 Å². The number of carboxylic acid groups (broad SMARTS) is 1. The Morgan fingerprint density at radius 3 is 3.07 bits per heavy atom. The van der Waals surface area contributed by atoms with Crippen LogP contribution in [0.15, 0.2) is 31.0 Å². The summed E-state index contributed by atoms with van der Waals surface area (Å²) in [4.78, 5) is 14.3. The van der Waals surface area contributed by atoms with Gasteiger partial charge in [0, 0.05) is 17.9 Å². The van der Waals surface area contributed by atoms with Gasteiger partial charge in [-0.15, -0.1) is 6.58 Å². The zero-order chi connectivity index (χ0) is 10.6. The molecule has 0 aliphatic heterocycles. The molecule has 4 heteroatoms. The zero-order valence-electron chi connectivity index (χ0n) is 7.90. The summed E-state index contributed by atoms with van der Waals surface area (Å²) < 4.78 is 0. The van der Waals surface area contributed by atoms with E-state index in [-0.39, 0.29) is 11.7 Å². The number of carboxylic acids is 1. The third kappa shape index (κ3) is 2.58. The summed E-state index contributed by atoms with van der Waals surface area (Å²) in [7, 11) is 0. The van der Waals surface area contributed by atoms with E-state index >= 15 is 0 Å². The van der Waals surface area contributed by atoms with Crippen molar-refractivity contribution in [2.45, 2.75) is 13.0 Å². The maximum atomic E-state index is 10.6. The van der Waals surface area contributed by atoms with E-state index in [1.165, 1.54) is 12.3 Å². The van der Waals surface area contributed by atoms with Gasteiger partial charge in [0.05, 0.1) is 0 Å². The van der Waals surface area contributed by atoms with E-state index in [9.17, 15) is 4.79 Å². The molecule has 0 amide bonds. The van der Waals surface area contributed by atoms with Crippen LogP contribution in [0.4, 0.5) is 5.69 Å². The number of aromatic nitrogens is 1. The molecule has 0 radical (unpaired) electrons. The first-order valence-electron chi connectivity index (χ1n) is 4.22. The van der Waals surface area contributed by atoms with Crippen molar-refractivity contribution in [2.75, 3.05) is 5.32 Å². The molecule has 1 atom stereocenters. The van der Waals surface area contributed by atoms with E-state index < -0.39 is 5.97 Å². The first-order chi connectivity index (χ1) is 6.63. The SMILES string of the molecule is C=CC(C)Nc1ccnc(C(=O)O)c1. The van der Waals surface area contributed by atoms with Crippen molar-refractivity contribution in [3.63, 3.8) is 0 Å². The second kappa shape index (κ2) is 4.41. The molecule has 0 spiro atoms. The predicted molar refractivity (Wildman–Crippen MR) is 54.5 cm³/mol. The van der Waals surface area contributed by atoms with Gasteiger partial charge in [-0.25, -0.2) is 9.78 Å². The molecule has 4 nitrogen and oxygen atoms in total. The third-order valence-electron chi connectivity index (χ3n) is 1.73. The summed E-state index contributed by atoms with van der Waals surface area (Å²) in [5.41, 5.74) is 0.760. The van der Waals surface area contributed by atoms with Crippen molar-refractivity contribution in [1.29, 1.82) is 0 Å². The molecule has 0 aliphatic rings. The van der Waals surface area contributed by atoms with Gasteiger partial charge in [-0.1, -0.05) is 6.08 Å². The Kier molecular flexibility index (Phi) is 3.23. The minimum atomic E-state index is -1.03. The highest BCUT2D eigenvalue weighted by Gasteiger charge is 2.05. The Hall–Kier alpha value is -1.84. The Bertz CT molecular complexity index is 350. The fraction of sp³-hybridized carbons (Fsp3) is 0.200. The fourth-order valence-corrected chi connectivity index (χ4v) is 0.959. The van der Waals surface area contributed by atoms with Crippen LogP contribution < -0.4 is 5.32 Å². The first kappa shape index (κ1) is 10.2. The molecular formula is C10H12N2O2. The minimum absolute atomic E-state index is 0.0336. The molecule has 0 saturated heterocycles. The molecule has 1 heterocycles. The van der Waals surface area contributed by atoms with Crippen molar-refractivity contribution >= 4 is 11.7 Å². The van der Waals surface area contributed by atoms with Crippen molar-refractivity contribution in [3.05, 3.63) is 36.7 Å². The topological polar surface area (TPSA) is 62.2 Å². The summed E-state index contributed by atoms with van der Waals surface area (Å²) in [5.74, 6) is -1.03. The molecule has 0 fully saturated rings. The Morgan fingerprint density at radius 1 is 1.79 bits per heavy atom. The largest absolute Gasteiger partial charge is 0.477 e. The zero-order valence-corrected chi connectivity index (χ0v) is 7.90. The van der Waals surface area contributed by atoms with E-state index in [0.29, 0.717) is 0 Å². The first-order valence-corrected chi connectivity index (χ1v) is 4.22. The monoisotopic (exact) mass is 192 g/mol. The van der Waals surface area contributed by atoms with Gasteiger partial charge in [-0.3, -0.25) is 0 Å². The maximum absolute atomic E-state index is 10.6. The average molecular weight is 192 g/mol. The number of rotatable bonds is 4. The molecule has 0 saturated carbocycles. The summed E-state index contributed by atoms with van der Waals surface area (Å²) in [6.45, 7) is 5.54. The van der Waals surface area contributed by atoms with Crippen molar-refractivity contribution in [1.82, 2.24) is 4.98 Å². The van der Waals surface area contributed by atoms with Gasteiger partial charge in [0.1, 0.15) is 5.69 Å². The predicted octanol–water partition coefficient (Wildman–Crippen LogP) is 1.77. The van der Waals surface area contributed by atoms with Gasteiger partial charge in [0.25, 0.3) is 0 Å². The van der Waals surface area contributed by atoms with Crippen LogP contribution in [0.3, 0.4) is 0 Å². The summed E-state index contributed by atoms with van der Waals surface area (Å²) in [6, 6.07) is 3.30. The maximum Gasteiger partial charge on any atom is 0.354 e. The quantitative estimate of drug-likeness (QED) is 0.713. The highest BCUT2D eigenvalue weighted by atomic mass is 16.4. The Labute approximate surface area is 82.3 Å². The number of nitrogens with one attached hydrogen (secondary N) is 1. The van der Waals surface area contributed by atoms with Gasteiger partial charge in [-0.05, 0) is 19.1 Å². The molecule has 1 aromatic heterocycles. The molecule has 0 aromatic carbocycles. The molecule has 14 heavy (non-hydrogen) atoms. The summed E-state index contributed by atoms with van der Waals surface area (Å²) in [6.07, 6.45) is 3.20. The van der Waals surface area contributed by atoms with Crippen LogP contribution in [-0.4, -0.2) is 22.1 Å². The Morgan fingerprint density at radius 2 is 2.50 bits per heavy atom. The van der Waals surface area contributed by atoms with Crippen molar-refractivity contribution in [3.8, 4) is 0 Å². The van der Waals surface area contributed by atoms with Crippen LogP contribution in [0.2, 0.25) is 0 Å². The van der Waals surface area contributed by atoms with Crippen LogP contribution in [0.25, 0.3) is 0 Å². The van der Waals surface area contributed by atoms with Crippen molar-refractivity contribution in [2.24, 2.45) is 0 Å². The van der Waals surface area contributed by atoms with E-state index in [1.54, 1.807) is 12.1 Å². The lowest BCUT2D eigenvalue weighted by atomic mass is 10.2. The molecular weight excluding hydrogens is 180 g/mol. The third-order valence-corrected chi connectivity index (χ3v) is 1.73. The van der Waals surface area contributed by atoms with Crippen molar-refractivity contribution < 1.29 is 9.90 Å². The Balaban J connectivity index is 2.83. The molecule has 1 aromatic rings. The smallest absolute Gasteiger partial charge is 0.354 e. The number of carbonyl (C=O) groups is 1. The van der Waals surface area contributed by atoms with Gasteiger partial charge >= 0.3 is 5.97 Å². The molecule has 0 bridgehead atoms. The number of anilines is 1. The molecule has 0 aliphatic carbocycles. The van der Waals surface area contributed by atoms with Gasteiger partial charge in [-0.2, -0.15) is 0 Å². The van der Waals surface area contributed by atoms with Crippen LogP contribution in [-0.2, 0) is 0 Å². The molecule has 2 N–H and O–H groups in total. The van der Waals surface area contributed by atoms with E-state index in [4.69, 9.17) is 5.11 Å². The molecule has 1 unspecified atom stereocenters. The van der Waals surface area contributed by atoms with E-state index in [2.05, 4.69) is 16.9 Å². The summed E-state index contributed by atoms with van der Waals surface area (Å²) >= 11 is 0. The number of nitrogens with zero attached hydrogens (tertiary/aromatic N) is 1. The van der Waals surface area contributed by atoms with E-state index in [0.717, 1.165) is 5.69 Å². The van der Waals surface area contributed by atoms with Gasteiger partial charge in [0.2, 0.25) is 0 Å². The molecule has 74 valence electrons. The second-order valence-corrected chi connectivity index (χ2v) is 2.90. The number of hydrogen-bond donors (Lipinski definition) is 2. The lowest BCUT2D eigenvalue weighted by Gasteiger charge is -2.10. The molecule has 1 rings (SSSR count). The standard InChI is InChI=1S/C10H12N2O2/c1-3-7(2)12-8-4-5-11-9(6-8)10(13)14/h3-7H,1H2,2H3,(H,11,12)(H,13,14). The minimum Gasteiger partial charge on any atom is -0.477 e.